The van der Waals surface area contributed by atoms with Crippen molar-refractivity contribution < 1.29 is 35.8 Å². The summed E-state index contributed by atoms with van der Waals surface area (Å²) in [6.07, 6.45) is 19.6. The number of benzene rings is 2. The molecule has 45 heavy (non-hydrogen) atoms. The molecule has 4 aliphatic rings. The number of fused-ring (bicyclic) bond motifs is 2. The van der Waals surface area contributed by atoms with Crippen molar-refractivity contribution >= 4 is 47.6 Å². The SMILES string of the molecule is C=CCOC(=O)C1=C(c2ccc3cc([C]4[CH][CH][CH][CH]4)ccc3c2)S[C@@H]2[C@@H]([C@@H](C)O[Si](C)(C)C(C)(C)C)C(=O)N12.[CH]1[CH][CH][CH][CH]1.[Fe+2]. The molecule has 2 aliphatic carbocycles. The molecule has 10 radical (unpaired) electrons. The molecule has 0 unspecified atom stereocenters. The number of hydrogen-bond acceptors (Lipinski definition) is 5. The van der Waals surface area contributed by atoms with Crippen molar-refractivity contribution in [2.75, 3.05) is 6.61 Å². The number of amides is 1. The molecule has 1 saturated heterocycles. The summed E-state index contributed by atoms with van der Waals surface area (Å²) < 4.78 is 12.1. The average Bonchev–Trinajstić information content (AvgIpc) is 3.77. The Morgan fingerprint density at radius 1 is 0.978 bits per heavy atom. The van der Waals surface area contributed by atoms with Crippen molar-refractivity contribution in [2.45, 2.75) is 57.3 Å². The Bertz CT molecular complexity index is 1420. The Morgan fingerprint density at radius 2 is 1.53 bits per heavy atom. The van der Waals surface area contributed by atoms with Gasteiger partial charge < -0.3 is 9.16 Å². The Hall–Kier alpha value is -1.83. The van der Waals surface area contributed by atoms with Crippen molar-refractivity contribution in [1.82, 2.24) is 4.90 Å². The third kappa shape index (κ3) is 7.67. The van der Waals surface area contributed by atoms with Crippen molar-refractivity contribution in [2.24, 2.45) is 5.92 Å². The van der Waals surface area contributed by atoms with Gasteiger partial charge in [-0.3, -0.25) is 9.69 Å². The van der Waals surface area contributed by atoms with E-state index in [0.717, 1.165) is 26.8 Å². The minimum absolute atomic E-state index is 0. The van der Waals surface area contributed by atoms with Crippen LogP contribution in [0.5, 0.6) is 0 Å². The summed E-state index contributed by atoms with van der Waals surface area (Å²) in [5.74, 6) is 0.275. The zero-order chi connectivity index (χ0) is 31.6. The van der Waals surface area contributed by atoms with Gasteiger partial charge in [-0.25, -0.2) is 4.79 Å². The molecule has 2 aromatic rings. The maximum atomic E-state index is 13.5. The monoisotopic (exact) mass is 679 g/mol. The van der Waals surface area contributed by atoms with E-state index in [0.29, 0.717) is 5.70 Å². The van der Waals surface area contributed by atoms with Crippen LogP contribution in [0.25, 0.3) is 15.7 Å². The fourth-order valence-electron chi connectivity index (χ4n) is 5.34. The molecule has 3 fully saturated rings. The van der Waals surface area contributed by atoms with Crippen molar-refractivity contribution in [3.05, 3.63) is 130 Å². The van der Waals surface area contributed by atoms with E-state index in [4.69, 9.17) is 9.16 Å². The predicted octanol–water partition coefficient (Wildman–Crippen LogP) is 7.95. The predicted molar refractivity (Wildman–Crippen MR) is 183 cm³/mol. The summed E-state index contributed by atoms with van der Waals surface area (Å²) in [7, 11) is -2.08. The summed E-state index contributed by atoms with van der Waals surface area (Å²) >= 11 is 1.56. The number of esters is 1. The summed E-state index contributed by atoms with van der Waals surface area (Å²) in [4.78, 5) is 29.2. The molecule has 6 rings (SSSR count). The Morgan fingerprint density at radius 3 is 2.09 bits per heavy atom. The molecule has 3 atom stereocenters. The summed E-state index contributed by atoms with van der Waals surface area (Å²) in [5.41, 5.74) is 2.38. The van der Waals surface area contributed by atoms with Crippen molar-refractivity contribution in [1.29, 1.82) is 0 Å². The Kier molecular flexibility index (Phi) is 12.0. The number of rotatable bonds is 8. The van der Waals surface area contributed by atoms with Gasteiger partial charge in [-0.05, 0) is 111 Å². The van der Waals surface area contributed by atoms with Crippen LogP contribution in [-0.4, -0.2) is 43.2 Å². The zero-order valence-corrected chi connectivity index (χ0v) is 29.6. The molecule has 1 amide bonds. The molecule has 2 saturated carbocycles. The van der Waals surface area contributed by atoms with Crippen LogP contribution in [0.2, 0.25) is 18.1 Å². The van der Waals surface area contributed by atoms with Crippen LogP contribution in [0.15, 0.2) is 54.8 Å². The largest absolute Gasteiger partial charge is 2.00 e. The molecular formula is C37H41FeNO4SSi+2. The number of β-lactam (4-membered cyclic amide) rings is 1. The van der Waals surface area contributed by atoms with Crippen LogP contribution in [-0.2, 0) is 35.8 Å². The quantitative estimate of drug-likeness (QED) is 0.123. The Labute approximate surface area is 286 Å². The van der Waals surface area contributed by atoms with Crippen LogP contribution in [0.3, 0.4) is 0 Å². The van der Waals surface area contributed by atoms with Crippen LogP contribution < -0.4 is 0 Å². The van der Waals surface area contributed by atoms with Gasteiger partial charge >= 0.3 is 23.0 Å². The molecule has 8 heteroatoms. The van der Waals surface area contributed by atoms with E-state index in [9.17, 15) is 9.59 Å². The van der Waals surface area contributed by atoms with Gasteiger partial charge in [0.2, 0.25) is 5.91 Å². The summed E-state index contributed by atoms with van der Waals surface area (Å²) in [6, 6.07) is 12.6. The van der Waals surface area contributed by atoms with E-state index in [-0.39, 0.29) is 52.0 Å². The van der Waals surface area contributed by atoms with Gasteiger partial charge in [0.1, 0.15) is 17.7 Å². The van der Waals surface area contributed by atoms with E-state index in [1.54, 1.807) is 16.7 Å². The Balaban J connectivity index is 0.000000700. The van der Waals surface area contributed by atoms with Crippen molar-refractivity contribution in [3.63, 3.8) is 0 Å². The second-order valence-electron chi connectivity index (χ2n) is 12.8. The van der Waals surface area contributed by atoms with Gasteiger partial charge in [-0.2, -0.15) is 0 Å². The first kappa shape index (κ1) is 36.0. The number of hydrogen-bond donors (Lipinski definition) is 0. The molecule has 0 aromatic heterocycles. The van der Waals surface area contributed by atoms with Gasteiger partial charge in [-0.15, -0.1) is 0 Å². The second kappa shape index (κ2) is 14.9. The standard InChI is InChI=1S/C32H36NO4SSi.C5H5.Fe/c1-8-17-36-31(35)27-28(25-16-15-23-18-22(13-14-24(23)19-25)21-11-9-10-12-21)38-30-26(29(34)33(27)30)20(2)37-39(6,7)32(3,4)5;1-2-4-5-3-1;/h8-16,18-20,26,30H,1,17H2,2-7H3;1-5H;/q;;+2/t20-,26+,30-;;/m1../s1. The van der Waals surface area contributed by atoms with Gasteiger partial charge in [-0.1, -0.05) is 75.5 Å². The van der Waals surface area contributed by atoms with E-state index < -0.39 is 14.3 Å². The zero-order valence-electron chi connectivity index (χ0n) is 26.7. The van der Waals surface area contributed by atoms with Gasteiger partial charge in [0.25, 0.3) is 0 Å². The van der Waals surface area contributed by atoms with Gasteiger partial charge in [0, 0.05) is 10.8 Å². The van der Waals surface area contributed by atoms with Crippen LogP contribution >= 0.6 is 11.8 Å². The first-order valence-electron chi connectivity index (χ1n) is 15.1. The first-order valence-corrected chi connectivity index (χ1v) is 18.8. The van der Waals surface area contributed by atoms with Gasteiger partial charge in [0.15, 0.2) is 8.32 Å². The molecule has 2 aromatic carbocycles. The topological polar surface area (TPSA) is 55.8 Å². The maximum Gasteiger partial charge on any atom is 2.00 e. The first-order chi connectivity index (χ1) is 20.9. The molecule has 2 aliphatic heterocycles. The molecule has 0 N–H and O–H groups in total. The minimum Gasteiger partial charge on any atom is -0.457 e. The molecule has 0 spiro atoms. The number of carbonyl (C=O) groups excluding carboxylic acids is 2. The number of ether oxygens (including phenoxy) is 1. The van der Waals surface area contributed by atoms with Gasteiger partial charge in [0.05, 0.1) is 12.0 Å². The van der Waals surface area contributed by atoms with Crippen LogP contribution in [0, 0.1) is 69.6 Å². The van der Waals surface area contributed by atoms with E-state index >= 15 is 0 Å². The third-order valence-electron chi connectivity index (χ3n) is 8.75. The molecule has 0 bridgehead atoms. The molecule has 234 valence electrons. The van der Waals surface area contributed by atoms with Crippen LogP contribution in [0.4, 0.5) is 0 Å². The molecule has 5 nitrogen and oxygen atoms in total. The fourth-order valence-corrected chi connectivity index (χ4v) is 8.36. The summed E-state index contributed by atoms with van der Waals surface area (Å²) in [5, 5.41) is 2.02. The third-order valence-corrected chi connectivity index (χ3v) is 14.7. The second-order valence-corrected chi connectivity index (χ2v) is 18.7. The van der Waals surface area contributed by atoms with Crippen molar-refractivity contribution in [3.8, 4) is 0 Å². The van der Waals surface area contributed by atoms with E-state index in [1.807, 2.05) is 57.9 Å². The molecular weight excluding hydrogens is 638 g/mol. The number of nitrogens with zero attached hydrogens (tertiary/aromatic N) is 1. The number of thioether (sulfide) groups is 1. The normalized spacial score (nSPS) is 22.4. The van der Waals surface area contributed by atoms with E-state index in [2.05, 4.69) is 83.6 Å². The minimum atomic E-state index is -2.08. The fraction of sp³-hybridized carbons (Fsp3) is 0.297. The smallest absolute Gasteiger partial charge is 0.457 e. The van der Waals surface area contributed by atoms with Crippen LogP contribution in [0.1, 0.15) is 38.8 Å². The maximum absolute atomic E-state index is 13.5. The summed E-state index contributed by atoms with van der Waals surface area (Å²) in [6.45, 7) is 16.7. The van der Waals surface area contributed by atoms with E-state index in [1.165, 1.54) is 12.0 Å². The average molecular weight is 680 g/mol. The molecule has 2 heterocycles. The number of carbonyl (C=O) groups is 2.